The van der Waals surface area contributed by atoms with Gasteiger partial charge < -0.3 is 5.32 Å². The lowest BCUT2D eigenvalue weighted by Crippen LogP contribution is -2.75. The van der Waals surface area contributed by atoms with Gasteiger partial charge in [-0.2, -0.15) is 5.10 Å². The number of benzene rings is 1. The molecule has 0 bridgehead atoms. The molecule has 2 saturated heterocycles. The lowest BCUT2D eigenvalue weighted by molar-refractivity contribution is -0.124. The van der Waals surface area contributed by atoms with Gasteiger partial charge in [-0.3, -0.25) is 25.4 Å². The van der Waals surface area contributed by atoms with Crippen molar-refractivity contribution in [3.63, 3.8) is 0 Å². The van der Waals surface area contributed by atoms with E-state index < -0.39 is 29.8 Å². The number of amides is 3. The molecule has 3 heterocycles. The Balaban J connectivity index is 1.39. The van der Waals surface area contributed by atoms with E-state index in [0.29, 0.717) is 13.1 Å². The molecule has 10 heteroatoms. The van der Waals surface area contributed by atoms with Crippen LogP contribution >= 0.6 is 0 Å². The minimum absolute atomic E-state index is 0.0446. The number of rotatable bonds is 5. The molecule has 0 saturated carbocycles. The molecule has 2 aromatic rings. The molecule has 29 heavy (non-hydrogen) atoms. The molecule has 154 valence electrons. The molecule has 1 aromatic heterocycles. The Bertz CT molecular complexity index is 917. The highest BCUT2D eigenvalue weighted by molar-refractivity contribution is 6.17. The van der Waals surface area contributed by atoms with Gasteiger partial charge in [0.25, 0.3) is 0 Å². The van der Waals surface area contributed by atoms with E-state index >= 15 is 0 Å². The summed E-state index contributed by atoms with van der Waals surface area (Å²) < 4.78 is 16.0. The third-order valence-electron chi connectivity index (χ3n) is 5.09. The number of anilines is 1. The topological polar surface area (TPSA) is 103 Å². The Morgan fingerprint density at radius 3 is 2.83 bits per heavy atom. The Morgan fingerprint density at radius 1 is 1.31 bits per heavy atom. The van der Waals surface area contributed by atoms with Crippen molar-refractivity contribution in [3.05, 3.63) is 48.0 Å². The van der Waals surface area contributed by atoms with Crippen LogP contribution in [0.2, 0.25) is 0 Å². The number of aryl methyl sites for hydroxylation is 1. The average molecular weight is 401 g/mol. The number of hydrogen-bond acceptors (Lipinski definition) is 6. The van der Waals surface area contributed by atoms with Crippen LogP contribution in [0.5, 0.6) is 0 Å². The molecule has 0 spiro atoms. The number of nitrogens with one attached hydrogen (secondary N) is 4. The van der Waals surface area contributed by atoms with Crippen molar-refractivity contribution >= 4 is 17.6 Å². The summed E-state index contributed by atoms with van der Waals surface area (Å²) in [6.45, 7) is 4.98. The molecule has 1 aromatic carbocycles. The highest BCUT2D eigenvalue weighted by Crippen LogP contribution is 2.25. The van der Waals surface area contributed by atoms with Gasteiger partial charge in [0.2, 0.25) is 5.91 Å². The predicted molar refractivity (Wildman–Crippen MR) is 104 cm³/mol. The van der Waals surface area contributed by atoms with Crippen LogP contribution in [0.25, 0.3) is 0 Å². The molecule has 9 nitrogen and oxygen atoms in total. The van der Waals surface area contributed by atoms with Crippen molar-refractivity contribution < 1.29 is 14.0 Å². The molecular formula is C19H24FN7O2. The van der Waals surface area contributed by atoms with E-state index in [4.69, 9.17) is 0 Å². The maximum Gasteiger partial charge on any atom is 0.330 e. The van der Waals surface area contributed by atoms with E-state index in [0.717, 1.165) is 10.6 Å². The molecule has 4 rings (SSSR count). The number of nitrogens with zero attached hydrogens (tertiary/aromatic N) is 3. The quantitative estimate of drug-likeness (QED) is 0.581. The molecule has 4 unspecified atom stereocenters. The number of carbonyl (C=O) groups excluding carboxylic acids is 2. The highest BCUT2D eigenvalue weighted by Gasteiger charge is 2.45. The van der Waals surface area contributed by atoms with Crippen molar-refractivity contribution in [3.8, 4) is 0 Å². The summed E-state index contributed by atoms with van der Waals surface area (Å²) in [7, 11) is 0. The summed E-state index contributed by atoms with van der Waals surface area (Å²) >= 11 is 0. The number of hydrogen-bond donors (Lipinski definition) is 4. The third kappa shape index (κ3) is 4.00. The first kappa shape index (κ1) is 19.5. The molecule has 0 aliphatic carbocycles. The van der Waals surface area contributed by atoms with Gasteiger partial charge >= 0.3 is 6.03 Å². The first-order valence-electron chi connectivity index (χ1n) is 9.57. The SMILES string of the molecule is Cc1ccn(CC(C)NC2NCC3C(=O)N(c4ccccc4F)C(=O)NC3N2)n1. The maximum atomic E-state index is 14.1. The fourth-order valence-electron chi connectivity index (χ4n) is 3.70. The molecular weight excluding hydrogens is 377 g/mol. The Morgan fingerprint density at radius 2 is 2.10 bits per heavy atom. The van der Waals surface area contributed by atoms with Crippen LogP contribution < -0.4 is 26.2 Å². The number of para-hydroxylation sites is 1. The van der Waals surface area contributed by atoms with Gasteiger partial charge in [0.1, 0.15) is 12.1 Å². The number of carbonyl (C=O) groups is 2. The van der Waals surface area contributed by atoms with Crippen molar-refractivity contribution in [2.45, 2.75) is 38.9 Å². The van der Waals surface area contributed by atoms with Crippen LogP contribution in [0, 0.1) is 18.7 Å². The lowest BCUT2D eigenvalue weighted by atomic mass is 9.99. The molecule has 4 N–H and O–H groups in total. The van der Waals surface area contributed by atoms with Gasteiger partial charge in [-0.1, -0.05) is 12.1 Å². The largest absolute Gasteiger partial charge is 0.330 e. The van der Waals surface area contributed by atoms with Crippen LogP contribution in [-0.2, 0) is 11.3 Å². The van der Waals surface area contributed by atoms with Gasteiger partial charge in [-0.05, 0) is 32.0 Å². The van der Waals surface area contributed by atoms with Gasteiger partial charge in [0, 0.05) is 18.8 Å². The predicted octanol–water partition coefficient (Wildman–Crippen LogP) is 0.484. The maximum absolute atomic E-state index is 14.1. The smallest absolute Gasteiger partial charge is 0.321 e. The highest BCUT2D eigenvalue weighted by atomic mass is 19.1. The Labute approximate surface area is 167 Å². The van der Waals surface area contributed by atoms with Crippen LogP contribution in [-0.4, -0.2) is 46.8 Å². The number of aromatic nitrogens is 2. The monoisotopic (exact) mass is 401 g/mol. The summed E-state index contributed by atoms with van der Waals surface area (Å²) in [4.78, 5) is 26.3. The molecule has 3 amide bonds. The van der Waals surface area contributed by atoms with Crippen LogP contribution in [0.4, 0.5) is 14.9 Å². The number of halogens is 1. The lowest BCUT2D eigenvalue weighted by Gasteiger charge is -2.44. The number of fused-ring (bicyclic) bond motifs is 1. The van der Waals surface area contributed by atoms with Crippen molar-refractivity contribution in [2.24, 2.45) is 5.92 Å². The zero-order valence-electron chi connectivity index (χ0n) is 16.2. The second-order valence-corrected chi connectivity index (χ2v) is 7.41. The fraction of sp³-hybridized carbons (Fsp3) is 0.421. The summed E-state index contributed by atoms with van der Waals surface area (Å²) in [5, 5.41) is 16.9. The molecule has 2 aliphatic rings. The second kappa shape index (κ2) is 7.90. The summed E-state index contributed by atoms with van der Waals surface area (Å²) in [6.07, 6.45) is 1.08. The van der Waals surface area contributed by atoms with E-state index in [1.54, 1.807) is 6.07 Å². The number of imide groups is 1. The fourth-order valence-corrected chi connectivity index (χ4v) is 3.70. The van der Waals surface area contributed by atoms with Crippen molar-refractivity contribution in [1.29, 1.82) is 0 Å². The molecule has 4 atom stereocenters. The molecule has 0 radical (unpaired) electrons. The zero-order valence-corrected chi connectivity index (χ0v) is 16.2. The standard InChI is InChI=1S/C19H24FN7O2/c1-11-7-8-26(25-11)10-12(2)22-18-21-9-13-16(23-18)24-19(29)27(17(13)28)15-6-4-3-5-14(15)20/h3-8,12-13,16,18,21-23H,9-10H2,1-2H3,(H,24,29). The van der Waals surface area contributed by atoms with Gasteiger partial charge in [-0.15, -0.1) is 0 Å². The first-order valence-corrected chi connectivity index (χ1v) is 9.57. The van der Waals surface area contributed by atoms with E-state index in [1.165, 1.54) is 18.2 Å². The molecule has 2 aliphatic heterocycles. The van der Waals surface area contributed by atoms with Crippen molar-refractivity contribution in [2.75, 3.05) is 11.4 Å². The van der Waals surface area contributed by atoms with E-state index in [1.807, 2.05) is 30.8 Å². The van der Waals surface area contributed by atoms with Crippen LogP contribution in [0.1, 0.15) is 12.6 Å². The van der Waals surface area contributed by atoms with E-state index in [-0.39, 0.29) is 18.0 Å². The Hall–Kier alpha value is -2.82. The van der Waals surface area contributed by atoms with Gasteiger partial charge in [0.15, 0.2) is 0 Å². The second-order valence-electron chi connectivity index (χ2n) is 7.41. The Kier molecular flexibility index (Phi) is 5.31. The third-order valence-corrected chi connectivity index (χ3v) is 5.09. The summed E-state index contributed by atoms with van der Waals surface area (Å²) in [6, 6.07) is 7.13. The zero-order chi connectivity index (χ0) is 20.5. The number of urea groups is 1. The van der Waals surface area contributed by atoms with Gasteiger partial charge in [-0.25, -0.2) is 14.1 Å². The summed E-state index contributed by atoms with van der Waals surface area (Å²) in [5.41, 5.74) is 0.911. The minimum atomic E-state index is -0.644. The van der Waals surface area contributed by atoms with Crippen LogP contribution in [0.3, 0.4) is 0 Å². The first-order chi connectivity index (χ1) is 13.9. The van der Waals surface area contributed by atoms with Crippen molar-refractivity contribution in [1.82, 2.24) is 31.0 Å². The minimum Gasteiger partial charge on any atom is -0.321 e. The van der Waals surface area contributed by atoms with Gasteiger partial charge in [0.05, 0.1) is 30.0 Å². The normalized spacial score (nSPS) is 25.5. The average Bonchev–Trinajstić information content (AvgIpc) is 3.07. The summed E-state index contributed by atoms with van der Waals surface area (Å²) in [5.74, 6) is -1.61. The molecule has 2 fully saturated rings. The van der Waals surface area contributed by atoms with E-state index in [9.17, 15) is 14.0 Å². The van der Waals surface area contributed by atoms with E-state index in [2.05, 4.69) is 26.4 Å². The van der Waals surface area contributed by atoms with Crippen LogP contribution in [0.15, 0.2) is 36.5 Å².